The van der Waals surface area contributed by atoms with E-state index in [9.17, 15) is 4.79 Å². The molecule has 0 heterocycles. The number of halogens is 2. The average Bonchev–Trinajstić information content (AvgIpc) is 2.33. The smallest absolute Gasteiger partial charge is 0.339 e. The van der Waals surface area contributed by atoms with Gasteiger partial charge in [-0.25, -0.2) is 4.79 Å². The van der Waals surface area contributed by atoms with Crippen LogP contribution in [0.1, 0.15) is 42.5 Å². The summed E-state index contributed by atoms with van der Waals surface area (Å²) in [6.07, 6.45) is 5.41. The van der Waals surface area contributed by atoms with Crippen LogP contribution >= 0.6 is 23.2 Å². The predicted octanol–water partition coefficient (Wildman–Crippen LogP) is 4.48. The number of carbonyl (C=O) groups excluding carboxylic acids is 1. The molecule has 0 radical (unpaired) electrons. The van der Waals surface area contributed by atoms with Crippen LogP contribution in [0.5, 0.6) is 0 Å². The Morgan fingerprint density at radius 1 is 1.18 bits per heavy atom. The van der Waals surface area contributed by atoms with E-state index in [0.29, 0.717) is 15.6 Å². The van der Waals surface area contributed by atoms with Gasteiger partial charge in [-0.15, -0.1) is 0 Å². The van der Waals surface area contributed by atoms with Crippen molar-refractivity contribution in [3.63, 3.8) is 0 Å². The molecule has 1 aliphatic carbocycles. The molecule has 0 saturated heterocycles. The molecule has 0 atom stereocenters. The van der Waals surface area contributed by atoms with Gasteiger partial charge in [0.25, 0.3) is 0 Å². The molecule has 2 nitrogen and oxygen atoms in total. The molecule has 17 heavy (non-hydrogen) atoms. The van der Waals surface area contributed by atoms with Gasteiger partial charge < -0.3 is 4.74 Å². The van der Waals surface area contributed by atoms with Crippen molar-refractivity contribution in [3.05, 3.63) is 33.8 Å². The maximum Gasteiger partial charge on any atom is 0.339 e. The summed E-state index contributed by atoms with van der Waals surface area (Å²) >= 11 is 11.8. The third-order valence-electron chi connectivity index (χ3n) is 2.97. The Morgan fingerprint density at radius 2 is 1.88 bits per heavy atom. The number of hydrogen-bond donors (Lipinski definition) is 0. The summed E-state index contributed by atoms with van der Waals surface area (Å²) < 4.78 is 5.43. The molecule has 0 unspecified atom stereocenters. The van der Waals surface area contributed by atoms with E-state index in [2.05, 4.69) is 0 Å². The number of hydrogen-bond acceptors (Lipinski definition) is 2. The Morgan fingerprint density at radius 3 is 2.59 bits per heavy atom. The standard InChI is InChI=1S/C13H14Cl2O2/c14-9-6-7-12(15)11(8-9)13(16)17-10-4-2-1-3-5-10/h6-8,10H,1-5H2. The van der Waals surface area contributed by atoms with Gasteiger partial charge in [-0.1, -0.05) is 29.6 Å². The van der Waals surface area contributed by atoms with E-state index in [-0.39, 0.29) is 12.1 Å². The second-order valence-electron chi connectivity index (χ2n) is 4.29. The van der Waals surface area contributed by atoms with E-state index in [1.165, 1.54) is 6.42 Å². The molecule has 1 aliphatic rings. The van der Waals surface area contributed by atoms with E-state index < -0.39 is 0 Å². The molecule has 0 N–H and O–H groups in total. The minimum atomic E-state index is -0.371. The van der Waals surface area contributed by atoms with Crippen LogP contribution in [-0.2, 0) is 4.74 Å². The van der Waals surface area contributed by atoms with Gasteiger partial charge in [-0.05, 0) is 43.9 Å². The Kier molecular flexibility index (Phi) is 4.30. The van der Waals surface area contributed by atoms with E-state index in [4.69, 9.17) is 27.9 Å². The van der Waals surface area contributed by atoms with Crippen LogP contribution in [0.2, 0.25) is 10.0 Å². The lowest BCUT2D eigenvalue weighted by atomic mass is 9.98. The zero-order valence-corrected chi connectivity index (χ0v) is 10.9. The zero-order valence-electron chi connectivity index (χ0n) is 9.42. The van der Waals surface area contributed by atoms with Crippen LogP contribution in [-0.4, -0.2) is 12.1 Å². The highest BCUT2D eigenvalue weighted by Gasteiger charge is 2.20. The molecule has 0 aliphatic heterocycles. The third kappa shape index (κ3) is 3.36. The van der Waals surface area contributed by atoms with Crippen LogP contribution in [0.25, 0.3) is 0 Å². The first kappa shape index (κ1) is 12.7. The maximum atomic E-state index is 11.9. The summed E-state index contributed by atoms with van der Waals surface area (Å²) in [5, 5.41) is 0.875. The van der Waals surface area contributed by atoms with Crippen molar-refractivity contribution in [1.29, 1.82) is 0 Å². The monoisotopic (exact) mass is 272 g/mol. The summed E-state index contributed by atoms with van der Waals surface area (Å²) in [7, 11) is 0. The molecule has 1 fully saturated rings. The summed E-state index contributed by atoms with van der Waals surface area (Å²) in [6, 6.07) is 4.82. The van der Waals surface area contributed by atoms with Crippen molar-refractivity contribution in [1.82, 2.24) is 0 Å². The second kappa shape index (κ2) is 5.74. The fourth-order valence-electron chi connectivity index (χ4n) is 2.05. The lowest BCUT2D eigenvalue weighted by molar-refractivity contribution is 0.0211. The first-order valence-corrected chi connectivity index (χ1v) is 6.58. The number of rotatable bonds is 2. The number of esters is 1. The molecule has 0 bridgehead atoms. The van der Waals surface area contributed by atoms with E-state index >= 15 is 0 Å². The average molecular weight is 273 g/mol. The molecule has 1 saturated carbocycles. The lowest BCUT2D eigenvalue weighted by Crippen LogP contribution is -2.21. The van der Waals surface area contributed by atoms with Crippen molar-refractivity contribution < 1.29 is 9.53 Å². The van der Waals surface area contributed by atoms with Gasteiger partial charge in [-0.2, -0.15) is 0 Å². The molecule has 0 amide bonds. The van der Waals surface area contributed by atoms with Gasteiger partial charge in [0.1, 0.15) is 6.10 Å². The molecular weight excluding hydrogens is 259 g/mol. The van der Waals surface area contributed by atoms with Crippen LogP contribution in [0.3, 0.4) is 0 Å². The number of ether oxygens (including phenoxy) is 1. The van der Waals surface area contributed by atoms with Crippen LogP contribution < -0.4 is 0 Å². The van der Waals surface area contributed by atoms with Gasteiger partial charge in [0.15, 0.2) is 0 Å². The molecule has 0 spiro atoms. The summed E-state index contributed by atoms with van der Waals surface area (Å²) in [4.78, 5) is 11.9. The first-order valence-electron chi connectivity index (χ1n) is 5.83. The second-order valence-corrected chi connectivity index (χ2v) is 5.13. The Balaban J connectivity index is 2.05. The van der Waals surface area contributed by atoms with Crippen molar-refractivity contribution in [2.45, 2.75) is 38.2 Å². The van der Waals surface area contributed by atoms with E-state index in [0.717, 1.165) is 25.7 Å². The summed E-state index contributed by atoms with van der Waals surface area (Å²) in [5.74, 6) is -0.371. The summed E-state index contributed by atoms with van der Waals surface area (Å²) in [5.41, 5.74) is 0.352. The minimum absolute atomic E-state index is 0.0336. The molecular formula is C13H14Cl2O2. The molecule has 1 aromatic carbocycles. The lowest BCUT2D eigenvalue weighted by Gasteiger charge is -2.22. The first-order chi connectivity index (χ1) is 8.16. The van der Waals surface area contributed by atoms with Gasteiger partial charge in [-0.3, -0.25) is 0 Å². The quantitative estimate of drug-likeness (QED) is 0.742. The normalized spacial score (nSPS) is 16.8. The van der Waals surface area contributed by atoms with Crippen molar-refractivity contribution in [2.75, 3.05) is 0 Å². The summed E-state index contributed by atoms with van der Waals surface area (Å²) in [6.45, 7) is 0. The van der Waals surface area contributed by atoms with Crippen molar-refractivity contribution in [3.8, 4) is 0 Å². The predicted molar refractivity (Wildman–Crippen MR) is 68.8 cm³/mol. The number of carbonyl (C=O) groups is 1. The molecule has 0 aromatic heterocycles. The highest BCUT2D eigenvalue weighted by atomic mass is 35.5. The van der Waals surface area contributed by atoms with Gasteiger partial charge in [0.2, 0.25) is 0 Å². The largest absolute Gasteiger partial charge is 0.459 e. The third-order valence-corrected chi connectivity index (χ3v) is 3.54. The SMILES string of the molecule is O=C(OC1CCCCC1)c1cc(Cl)ccc1Cl. The molecule has 2 rings (SSSR count). The topological polar surface area (TPSA) is 26.3 Å². The molecule has 1 aromatic rings. The molecule has 92 valence electrons. The Hall–Kier alpha value is -0.730. The van der Waals surface area contributed by atoms with Crippen molar-refractivity contribution >= 4 is 29.2 Å². The Bertz CT molecular complexity index is 412. The van der Waals surface area contributed by atoms with E-state index in [1.807, 2.05) is 0 Å². The van der Waals surface area contributed by atoms with Crippen molar-refractivity contribution in [2.24, 2.45) is 0 Å². The highest BCUT2D eigenvalue weighted by molar-refractivity contribution is 6.35. The minimum Gasteiger partial charge on any atom is -0.459 e. The fraction of sp³-hybridized carbons (Fsp3) is 0.462. The van der Waals surface area contributed by atoms with Gasteiger partial charge in [0.05, 0.1) is 10.6 Å². The highest BCUT2D eigenvalue weighted by Crippen LogP contribution is 2.25. The molecule has 4 heteroatoms. The van der Waals surface area contributed by atoms with Gasteiger partial charge >= 0.3 is 5.97 Å². The maximum absolute atomic E-state index is 11.9. The van der Waals surface area contributed by atoms with Crippen LogP contribution in [0.15, 0.2) is 18.2 Å². The van der Waals surface area contributed by atoms with E-state index in [1.54, 1.807) is 18.2 Å². The zero-order chi connectivity index (χ0) is 12.3. The van der Waals surface area contributed by atoms with Gasteiger partial charge in [0, 0.05) is 5.02 Å². The Labute approximate surface area is 111 Å². The van der Waals surface area contributed by atoms with Crippen LogP contribution in [0, 0.1) is 0 Å². The fourth-order valence-corrected chi connectivity index (χ4v) is 2.42. The number of benzene rings is 1. The van der Waals surface area contributed by atoms with Crippen LogP contribution in [0.4, 0.5) is 0 Å².